The van der Waals surface area contributed by atoms with Crippen molar-refractivity contribution < 1.29 is 9.90 Å². The first-order chi connectivity index (χ1) is 9.56. The number of carboxylic acid groups (broad SMARTS) is 1. The first-order valence-corrected chi connectivity index (χ1v) is 6.44. The van der Waals surface area contributed by atoms with Gasteiger partial charge in [0.1, 0.15) is 11.9 Å². The lowest BCUT2D eigenvalue weighted by Crippen LogP contribution is -2.30. The Morgan fingerprint density at radius 3 is 2.65 bits per heavy atom. The van der Waals surface area contributed by atoms with Gasteiger partial charge in [0.25, 0.3) is 0 Å². The molecule has 0 bridgehead atoms. The van der Waals surface area contributed by atoms with Crippen LogP contribution in [0.4, 0.5) is 0 Å². The van der Waals surface area contributed by atoms with Crippen molar-refractivity contribution in [3.8, 4) is 11.3 Å². The number of hydrogen-bond acceptors (Lipinski definition) is 4. The highest BCUT2D eigenvalue weighted by Crippen LogP contribution is 2.18. The van der Waals surface area contributed by atoms with E-state index >= 15 is 0 Å². The van der Waals surface area contributed by atoms with E-state index < -0.39 is 12.0 Å². The van der Waals surface area contributed by atoms with Crippen molar-refractivity contribution in [3.05, 3.63) is 47.9 Å². The van der Waals surface area contributed by atoms with Crippen LogP contribution in [-0.2, 0) is 11.2 Å². The summed E-state index contributed by atoms with van der Waals surface area (Å²) in [5.41, 5.74) is 8.18. The number of nitrogens with zero attached hydrogens (tertiary/aromatic N) is 2. The molecular weight excluding hydrogens is 254 g/mol. The number of benzene rings is 1. The highest BCUT2D eigenvalue weighted by atomic mass is 16.4. The molecule has 0 radical (unpaired) electrons. The topological polar surface area (TPSA) is 89.1 Å². The first-order valence-electron chi connectivity index (χ1n) is 6.44. The maximum Gasteiger partial charge on any atom is 0.320 e. The normalized spacial score (nSPS) is 12.1. The van der Waals surface area contributed by atoms with E-state index in [1.807, 2.05) is 43.3 Å². The summed E-state index contributed by atoms with van der Waals surface area (Å²) in [5.74, 6) is -0.315. The maximum absolute atomic E-state index is 10.7. The molecule has 20 heavy (non-hydrogen) atoms. The molecule has 0 aliphatic rings. The zero-order chi connectivity index (χ0) is 14.5. The molecule has 0 aliphatic carbocycles. The van der Waals surface area contributed by atoms with Crippen molar-refractivity contribution in [1.82, 2.24) is 9.97 Å². The lowest BCUT2D eigenvalue weighted by atomic mass is 10.1. The van der Waals surface area contributed by atoms with Crippen LogP contribution in [0.25, 0.3) is 11.3 Å². The fourth-order valence-corrected chi connectivity index (χ4v) is 1.94. The zero-order valence-electron chi connectivity index (χ0n) is 11.3. The maximum atomic E-state index is 10.7. The minimum Gasteiger partial charge on any atom is -0.480 e. The van der Waals surface area contributed by atoms with Crippen LogP contribution in [0, 0.1) is 6.92 Å². The van der Waals surface area contributed by atoms with Crippen molar-refractivity contribution in [3.63, 3.8) is 0 Å². The van der Waals surface area contributed by atoms with Gasteiger partial charge in [0, 0.05) is 11.3 Å². The Bertz CT molecular complexity index is 599. The molecule has 1 aromatic heterocycles. The predicted molar refractivity (Wildman–Crippen MR) is 76.1 cm³/mol. The number of aryl methyl sites for hydroxylation is 2. The van der Waals surface area contributed by atoms with Crippen LogP contribution in [-0.4, -0.2) is 27.1 Å². The molecule has 1 aromatic carbocycles. The lowest BCUT2D eigenvalue weighted by Gasteiger charge is -2.08. The third kappa shape index (κ3) is 3.61. The van der Waals surface area contributed by atoms with Crippen molar-refractivity contribution in [2.24, 2.45) is 5.73 Å². The molecule has 0 fully saturated rings. The second-order valence-corrected chi connectivity index (χ2v) is 4.64. The van der Waals surface area contributed by atoms with Gasteiger partial charge in [-0.3, -0.25) is 4.79 Å². The summed E-state index contributed by atoms with van der Waals surface area (Å²) < 4.78 is 0. The third-order valence-electron chi connectivity index (χ3n) is 2.99. The van der Waals surface area contributed by atoms with Gasteiger partial charge in [-0.2, -0.15) is 0 Å². The number of rotatable bonds is 5. The average Bonchev–Trinajstić information content (AvgIpc) is 2.45. The predicted octanol–water partition coefficient (Wildman–Crippen LogP) is 1.80. The van der Waals surface area contributed by atoms with Crippen LogP contribution in [0.1, 0.15) is 17.9 Å². The number of carboxylic acids is 1. The number of aliphatic carboxylic acids is 1. The van der Waals surface area contributed by atoms with E-state index in [-0.39, 0.29) is 0 Å². The van der Waals surface area contributed by atoms with Crippen LogP contribution in [0.5, 0.6) is 0 Å². The molecule has 0 aliphatic heterocycles. The summed E-state index contributed by atoms with van der Waals surface area (Å²) in [6.07, 6.45) is 0.886. The molecular formula is C15H17N3O2. The monoisotopic (exact) mass is 271 g/mol. The highest BCUT2D eigenvalue weighted by Gasteiger charge is 2.12. The van der Waals surface area contributed by atoms with Gasteiger partial charge >= 0.3 is 5.97 Å². The average molecular weight is 271 g/mol. The van der Waals surface area contributed by atoms with Gasteiger partial charge in [0.15, 0.2) is 0 Å². The molecule has 2 aromatic rings. The molecule has 2 rings (SSSR count). The van der Waals surface area contributed by atoms with Crippen molar-refractivity contribution >= 4 is 5.97 Å². The molecule has 1 heterocycles. The van der Waals surface area contributed by atoms with Crippen LogP contribution in [0.2, 0.25) is 0 Å². The van der Waals surface area contributed by atoms with Crippen LogP contribution < -0.4 is 5.73 Å². The number of aromatic nitrogens is 2. The van der Waals surface area contributed by atoms with E-state index in [0.29, 0.717) is 18.7 Å². The molecule has 0 spiro atoms. The summed E-state index contributed by atoms with van der Waals surface area (Å²) in [4.78, 5) is 19.5. The molecule has 0 saturated carbocycles. The molecule has 0 saturated heterocycles. The SMILES string of the molecule is Cc1nc(CC[C@H](N)C(=O)O)cc(-c2ccccc2)n1. The van der Waals surface area contributed by atoms with Gasteiger partial charge in [-0.15, -0.1) is 0 Å². The smallest absolute Gasteiger partial charge is 0.320 e. The number of nitrogens with two attached hydrogens (primary N) is 1. The fraction of sp³-hybridized carbons (Fsp3) is 0.267. The number of hydrogen-bond donors (Lipinski definition) is 2. The standard InChI is InChI=1S/C15H17N3O2/c1-10-17-12(7-8-13(16)15(19)20)9-14(18-10)11-5-3-2-4-6-11/h2-6,9,13H,7-8,16H2,1H3,(H,19,20)/t13-/m0/s1. The second-order valence-electron chi connectivity index (χ2n) is 4.64. The summed E-state index contributed by atoms with van der Waals surface area (Å²) in [7, 11) is 0. The molecule has 5 heteroatoms. The number of carbonyl (C=O) groups is 1. The van der Waals surface area contributed by atoms with Gasteiger partial charge in [-0.05, 0) is 25.8 Å². The van der Waals surface area contributed by atoms with Gasteiger partial charge in [-0.1, -0.05) is 30.3 Å². The minimum absolute atomic E-state index is 0.361. The van der Waals surface area contributed by atoms with E-state index in [0.717, 1.165) is 17.0 Å². The van der Waals surface area contributed by atoms with E-state index in [9.17, 15) is 4.79 Å². The quantitative estimate of drug-likeness (QED) is 0.865. The summed E-state index contributed by atoms with van der Waals surface area (Å²) in [5, 5.41) is 8.79. The third-order valence-corrected chi connectivity index (χ3v) is 2.99. The van der Waals surface area contributed by atoms with Crippen LogP contribution >= 0.6 is 0 Å². The summed E-state index contributed by atoms with van der Waals surface area (Å²) >= 11 is 0. The largest absolute Gasteiger partial charge is 0.480 e. The summed E-state index contributed by atoms with van der Waals surface area (Å²) in [6, 6.07) is 10.8. The van der Waals surface area contributed by atoms with E-state index in [1.54, 1.807) is 0 Å². The molecule has 0 amide bonds. The Morgan fingerprint density at radius 1 is 1.30 bits per heavy atom. The Kier molecular flexibility index (Phi) is 4.42. The Morgan fingerprint density at radius 2 is 2.00 bits per heavy atom. The molecule has 0 unspecified atom stereocenters. The summed E-state index contributed by atoms with van der Waals surface area (Å²) in [6.45, 7) is 1.83. The highest BCUT2D eigenvalue weighted by molar-refractivity contribution is 5.73. The molecule has 1 atom stereocenters. The van der Waals surface area contributed by atoms with Gasteiger partial charge in [0.2, 0.25) is 0 Å². The molecule has 104 valence electrons. The van der Waals surface area contributed by atoms with E-state index in [2.05, 4.69) is 9.97 Å². The molecule has 3 N–H and O–H groups in total. The minimum atomic E-state index is -0.987. The van der Waals surface area contributed by atoms with Crippen molar-refractivity contribution in [2.75, 3.05) is 0 Å². The zero-order valence-corrected chi connectivity index (χ0v) is 11.3. The van der Waals surface area contributed by atoms with E-state index in [1.165, 1.54) is 0 Å². The Balaban J connectivity index is 2.19. The van der Waals surface area contributed by atoms with Crippen molar-refractivity contribution in [1.29, 1.82) is 0 Å². The Labute approximate surface area is 117 Å². The van der Waals surface area contributed by atoms with Crippen LogP contribution in [0.3, 0.4) is 0 Å². The van der Waals surface area contributed by atoms with E-state index in [4.69, 9.17) is 10.8 Å². The lowest BCUT2D eigenvalue weighted by molar-refractivity contribution is -0.138. The van der Waals surface area contributed by atoms with Crippen LogP contribution in [0.15, 0.2) is 36.4 Å². The fourth-order valence-electron chi connectivity index (χ4n) is 1.94. The van der Waals surface area contributed by atoms with Crippen molar-refractivity contribution in [2.45, 2.75) is 25.8 Å². The molecule has 5 nitrogen and oxygen atoms in total. The van der Waals surface area contributed by atoms with Gasteiger partial charge in [-0.25, -0.2) is 9.97 Å². The second kappa shape index (κ2) is 6.25. The van der Waals surface area contributed by atoms with Gasteiger partial charge < -0.3 is 10.8 Å². The first kappa shape index (κ1) is 14.1. The van der Waals surface area contributed by atoms with Gasteiger partial charge in [0.05, 0.1) is 5.69 Å². The Hall–Kier alpha value is -2.27.